The molecule has 0 aromatic heterocycles. The van der Waals surface area contributed by atoms with Crippen LogP contribution in [0.2, 0.25) is 0 Å². The van der Waals surface area contributed by atoms with Gasteiger partial charge in [0.2, 0.25) is 5.91 Å². The van der Waals surface area contributed by atoms with Gasteiger partial charge < -0.3 is 27.0 Å². The molecule has 8 nitrogen and oxygen atoms in total. The van der Waals surface area contributed by atoms with Crippen LogP contribution in [0.15, 0.2) is 0 Å². The van der Waals surface area contributed by atoms with E-state index in [9.17, 15) is 14.4 Å². The summed E-state index contributed by atoms with van der Waals surface area (Å²) in [7, 11) is 0. The van der Waals surface area contributed by atoms with E-state index in [1.54, 1.807) is 0 Å². The molecule has 0 heterocycles. The second-order valence-electron chi connectivity index (χ2n) is 3.03. The van der Waals surface area contributed by atoms with E-state index in [0.717, 1.165) is 0 Å². The lowest BCUT2D eigenvalue weighted by Gasteiger charge is -2.06. The molecular weight excluding hydrogens is 282 g/mol. The van der Waals surface area contributed by atoms with Gasteiger partial charge in [-0.3, -0.25) is 14.4 Å². The summed E-state index contributed by atoms with van der Waals surface area (Å²) in [6, 6.07) is -1.55. The maximum atomic E-state index is 10.7. The van der Waals surface area contributed by atoms with Crippen molar-refractivity contribution in [3.63, 3.8) is 0 Å². The zero-order chi connectivity index (χ0) is 14.7. The standard InChI is InChI=1S/C5H10N2O3S.C3H7NO2S/c6-3(2-11)5(10)7-1-4(8)9;4-2(1-7)3(5)6/h3,11H,1-2,6H2,(H,7,10)(H,8,9);2,7H,1,4H2,(H,5,6). The number of amides is 1. The highest BCUT2D eigenvalue weighted by Gasteiger charge is 2.11. The molecule has 0 saturated carbocycles. The Labute approximate surface area is 115 Å². The second kappa shape index (κ2) is 11.1. The Morgan fingerprint density at radius 3 is 1.72 bits per heavy atom. The average Bonchev–Trinajstić information content (AvgIpc) is 2.34. The first kappa shape index (κ1) is 19.4. The summed E-state index contributed by atoms with van der Waals surface area (Å²) in [6.45, 7) is -0.402. The topological polar surface area (TPSA) is 156 Å². The molecule has 18 heavy (non-hydrogen) atoms. The maximum absolute atomic E-state index is 10.7. The van der Waals surface area contributed by atoms with E-state index in [4.69, 9.17) is 21.7 Å². The largest absolute Gasteiger partial charge is 0.480 e. The number of nitrogens with two attached hydrogens (primary N) is 2. The van der Waals surface area contributed by atoms with Crippen molar-refractivity contribution in [3.05, 3.63) is 0 Å². The van der Waals surface area contributed by atoms with Crippen LogP contribution in [-0.4, -0.2) is 58.2 Å². The van der Waals surface area contributed by atoms with Gasteiger partial charge in [-0.05, 0) is 0 Å². The summed E-state index contributed by atoms with van der Waals surface area (Å²) >= 11 is 7.42. The van der Waals surface area contributed by atoms with Crippen LogP contribution in [0.25, 0.3) is 0 Å². The molecule has 0 aromatic carbocycles. The molecule has 0 aromatic rings. The predicted molar refractivity (Wildman–Crippen MR) is 71.9 cm³/mol. The van der Waals surface area contributed by atoms with Gasteiger partial charge in [-0.1, -0.05) is 0 Å². The number of carboxylic acids is 2. The summed E-state index contributed by atoms with van der Waals surface area (Å²) < 4.78 is 0. The number of carbonyl (C=O) groups excluding carboxylic acids is 1. The third kappa shape index (κ3) is 11.5. The van der Waals surface area contributed by atoms with Crippen molar-refractivity contribution in [3.8, 4) is 0 Å². The van der Waals surface area contributed by atoms with Gasteiger partial charge in [-0.25, -0.2) is 0 Å². The molecule has 0 bridgehead atoms. The summed E-state index contributed by atoms with van der Waals surface area (Å²) in [6.07, 6.45) is 0. The Hall–Kier alpha value is -0.970. The van der Waals surface area contributed by atoms with Gasteiger partial charge in [-0.2, -0.15) is 25.3 Å². The Balaban J connectivity index is 0. The second-order valence-corrected chi connectivity index (χ2v) is 3.76. The molecule has 0 aliphatic heterocycles. The first-order valence-electron chi connectivity index (χ1n) is 4.71. The van der Waals surface area contributed by atoms with Crippen LogP contribution < -0.4 is 16.8 Å². The van der Waals surface area contributed by atoms with Crippen molar-refractivity contribution in [1.29, 1.82) is 0 Å². The van der Waals surface area contributed by atoms with Crippen molar-refractivity contribution in [2.75, 3.05) is 18.1 Å². The molecule has 0 rings (SSSR count). The van der Waals surface area contributed by atoms with Crippen LogP contribution in [0.4, 0.5) is 0 Å². The van der Waals surface area contributed by atoms with E-state index in [-0.39, 0.29) is 11.5 Å². The zero-order valence-electron chi connectivity index (χ0n) is 9.44. The molecule has 2 unspecified atom stereocenters. The zero-order valence-corrected chi connectivity index (χ0v) is 11.2. The van der Waals surface area contributed by atoms with Crippen molar-refractivity contribution in [1.82, 2.24) is 5.32 Å². The number of nitrogens with one attached hydrogen (secondary N) is 1. The van der Waals surface area contributed by atoms with E-state index >= 15 is 0 Å². The Bertz CT molecular complexity index is 290. The van der Waals surface area contributed by atoms with Crippen molar-refractivity contribution < 1.29 is 24.6 Å². The SMILES string of the molecule is NC(CS)C(=O)NCC(=O)O.NC(CS)C(=O)O. The number of hydrogen-bond acceptors (Lipinski definition) is 7. The fourth-order valence-electron chi connectivity index (χ4n) is 0.455. The maximum Gasteiger partial charge on any atom is 0.322 e. The highest BCUT2D eigenvalue weighted by molar-refractivity contribution is 7.80. The molecule has 1 amide bonds. The minimum atomic E-state index is -1.09. The average molecular weight is 299 g/mol. The van der Waals surface area contributed by atoms with Crippen LogP contribution in [0.1, 0.15) is 0 Å². The Kier molecular flexibility index (Phi) is 12.0. The number of carbonyl (C=O) groups is 3. The molecule has 0 radical (unpaired) electrons. The van der Waals surface area contributed by atoms with Crippen LogP contribution >= 0.6 is 25.3 Å². The lowest BCUT2D eigenvalue weighted by atomic mass is 10.3. The highest BCUT2D eigenvalue weighted by Crippen LogP contribution is 1.82. The molecule has 0 fully saturated rings. The molecule has 2 atom stereocenters. The first-order valence-corrected chi connectivity index (χ1v) is 5.97. The van der Waals surface area contributed by atoms with Crippen molar-refractivity contribution in [2.45, 2.75) is 12.1 Å². The van der Waals surface area contributed by atoms with Gasteiger partial charge in [0.1, 0.15) is 12.6 Å². The van der Waals surface area contributed by atoms with E-state index in [1.165, 1.54) is 0 Å². The number of carboxylic acid groups (broad SMARTS) is 2. The molecule has 0 spiro atoms. The summed E-state index contributed by atoms with van der Waals surface area (Å²) in [4.78, 5) is 30.4. The van der Waals surface area contributed by atoms with Gasteiger partial charge >= 0.3 is 11.9 Å². The van der Waals surface area contributed by atoms with Crippen LogP contribution in [0.3, 0.4) is 0 Å². The number of rotatable bonds is 6. The fraction of sp³-hybridized carbons (Fsp3) is 0.625. The van der Waals surface area contributed by atoms with E-state index in [1.807, 2.05) is 0 Å². The van der Waals surface area contributed by atoms with Gasteiger partial charge in [0.25, 0.3) is 0 Å². The van der Waals surface area contributed by atoms with E-state index < -0.39 is 36.5 Å². The van der Waals surface area contributed by atoms with Gasteiger partial charge in [0, 0.05) is 11.5 Å². The molecule has 0 saturated heterocycles. The lowest BCUT2D eigenvalue weighted by molar-refractivity contribution is -0.138. The third-order valence-electron chi connectivity index (χ3n) is 1.46. The van der Waals surface area contributed by atoms with E-state index in [2.05, 4.69) is 30.6 Å². The monoisotopic (exact) mass is 299 g/mol. The summed E-state index contributed by atoms with van der Waals surface area (Å²) in [5.74, 6) is -2.21. The molecule has 0 aliphatic carbocycles. The minimum Gasteiger partial charge on any atom is -0.480 e. The van der Waals surface area contributed by atoms with Gasteiger partial charge in [0.05, 0.1) is 6.04 Å². The number of aliphatic carboxylic acids is 2. The quantitative estimate of drug-likeness (QED) is 0.274. The van der Waals surface area contributed by atoms with Crippen LogP contribution in [0, 0.1) is 0 Å². The molecular formula is C8H17N3O5S2. The normalized spacial score (nSPS) is 12.7. The van der Waals surface area contributed by atoms with Crippen LogP contribution in [0.5, 0.6) is 0 Å². The number of thiol groups is 2. The molecule has 106 valence electrons. The third-order valence-corrected chi connectivity index (χ3v) is 2.25. The highest BCUT2D eigenvalue weighted by atomic mass is 32.1. The fourth-order valence-corrected chi connectivity index (χ4v) is 0.777. The predicted octanol–water partition coefficient (Wildman–Crippen LogP) is -2.23. The van der Waals surface area contributed by atoms with Crippen LogP contribution in [-0.2, 0) is 14.4 Å². The van der Waals surface area contributed by atoms with Crippen molar-refractivity contribution in [2.24, 2.45) is 11.5 Å². The first-order chi connectivity index (χ1) is 8.26. The summed E-state index contributed by atoms with van der Waals surface area (Å²) in [5.41, 5.74) is 10.2. The number of hydrogen-bond donors (Lipinski definition) is 7. The Morgan fingerprint density at radius 2 is 1.50 bits per heavy atom. The molecule has 10 heteroatoms. The lowest BCUT2D eigenvalue weighted by Crippen LogP contribution is -2.43. The smallest absolute Gasteiger partial charge is 0.322 e. The minimum absolute atomic E-state index is 0.190. The summed E-state index contributed by atoms with van der Waals surface area (Å²) in [5, 5.41) is 18.3. The van der Waals surface area contributed by atoms with E-state index in [0.29, 0.717) is 0 Å². The Morgan fingerprint density at radius 1 is 1.06 bits per heavy atom. The van der Waals surface area contributed by atoms with Gasteiger partial charge in [0.15, 0.2) is 0 Å². The molecule has 7 N–H and O–H groups in total. The van der Waals surface area contributed by atoms with Gasteiger partial charge in [-0.15, -0.1) is 0 Å². The molecule has 0 aliphatic rings. The van der Waals surface area contributed by atoms with Crippen molar-refractivity contribution >= 4 is 43.1 Å².